The van der Waals surface area contributed by atoms with Crippen molar-refractivity contribution in [2.75, 3.05) is 10.1 Å². The fourth-order valence-corrected chi connectivity index (χ4v) is 3.21. The zero-order chi connectivity index (χ0) is 17.2. The second kappa shape index (κ2) is 4.69. The van der Waals surface area contributed by atoms with Crippen LogP contribution in [0.3, 0.4) is 0 Å². The summed E-state index contributed by atoms with van der Waals surface area (Å²) in [6.07, 6.45) is 7.25. The SMILES string of the molecule is CC(C)(C)c1cn(N2C=NC3c4ccccc4-n4cncc4N32)nn1. The molecule has 0 N–H and O–H groups in total. The summed E-state index contributed by atoms with van der Waals surface area (Å²) >= 11 is 0. The number of hydrazine groups is 1. The standard InChI is InChI=1S/C17H18N8/c1-17(2,3)14-9-23(21-20-14)24-11-19-16-12-6-4-5-7-13(12)22-10-18-8-15(22)25(16)24/h4-11,16H,1-3H3. The maximum atomic E-state index is 4.70. The zero-order valence-corrected chi connectivity index (χ0v) is 14.3. The van der Waals surface area contributed by atoms with E-state index in [0.717, 1.165) is 22.8 Å². The number of para-hydroxylation sites is 1. The van der Waals surface area contributed by atoms with Gasteiger partial charge in [0.1, 0.15) is 12.7 Å². The number of fused-ring (bicyclic) bond motifs is 6. The molecule has 8 heteroatoms. The van der Waals surface area contributed by atoms with Gasteiger partial charge in [0.25, 0.3) is 0 Å². The van der Waals surface area contributed by atoms with Crippen molar-refractivity contribution in [1.29, 1.82) is 0 Å². The van der Waals surface area contributed by atoms with Crippen LogP contribution in [0.5, 0.6) is 0 Å². The van der Waals surface area contributed by atoms with Crippen LogP contribution in [0, 0.1) is 0 Å². The molecule has 1 aromatic carbocycles. The molecule has 2 aromatic heterocycles. The summed E-state index contributed by atoms with van der Waals surface area (Å²) < 4.78 is 2.06. The molecule has 0 saturated carbocycles. The van der Waals surface area contributed by atoms with Gasteiger partial charge < -0.3 is 0 Å². The first kappa shape index (κ1) is 14.2. The van der Waals surface area contributed by atoms with Gasteiger partial charge in [0.15, 0.2) is 12.0 Å². The number of aromatic nitrogens is 5. The van der Waals surface area contributed by atoms with E-state index < -0.39 is 0 Å². The summed E-state index contributed by atoms with van der Waals surface area (Å²) in [6, 6.07) is 8.24. The summed E-state index contributed by atoms with van der Waals surface area (Å²) in [6.45, 7) is 6.36. The van der Waals surface area contributed by atoms with Gasteiger partial charge in [-0.1, -0.05) is 39.0 Å². The predicted octanol–water partition coefficient (Wildman–Crippen LogP) is 2.17. The van der Waals surface area contributed by atoms with E-state index in [9.17, 15) is 0 Å². The monoisotopic (exact) mass is 334 g/mol. The van der Waals surface area contributed by atoms with E-state index in [1.54, 1.807) is 11.1 Å². The molecule has 1 unspecified atom stereocenters. The van der Waals surface area contributed by atoms with E-state index in [1.165, 1.54) is 0 Å². The lowest BCUT2D eigenvalue weighted by Crippen LogP contribution is -2.49. The van der Waals surface area contributed by atoms with Gasteiger partial charge in [-0.2, -0.15) is 5.12 Å². The Kier molecular flexibility index (Phi) is 2.66. The van der Waals surface area contributed by atoms with Gasteiger partial charge in [0, 0.05) is 11.0 Å². The molecule has 25 heavy (non-hydrogen) atoms. The Bertz CT molecular complexity index is 976. The number of anilines is 1. The van der Waals surface area contributed by atoms with Gasteiger partial charge in [-0.05, 0) is 11.3 Å². The van der Waals surface area contributed by atoms with Crippen molar-refractivity contribution < 1.29 is 0 Å². The topological polar surface area (TPSA) is 67.4 Å². The third-order valence-corrected chi connectivity index (χ3v) is 4.55. The summed E-state index contributed by atoms with van der Waals surface area (Å²) in [7, 11) is 0. The Morgan fingerprint density at radius 2 is 1.96 bits per heavy atom. The Morgan fingerprint density at radius 1 is 1.12 bits per heavy atom. The Hall–Kier alpha value is -3.16. The van der Waals surface area contributed by atoms with Crippen LogP contribution >= 0.6 is 0 Å². The van der Waals surface area contributed by atoms with Crippen LogP contribution in [0.4, 0.5) is 5.82 Å². The lowest BCUT2D eigenvalue weighted by atomic mass is 9.93. The number of nitrogens with zero attached hydrogens (tertiary/aromatic N) is 8. The van der Waals surface area contributed by atoms with Crippen molar-refractivity contribution in [3.8, 4) is 5.69 Å². The molecule has 126 valence electrons. The summed E-state index contributed by atoms with van der Waals surface area (Å²) in [5, 5.41) is 12.6. The van der Waals surface area contributed by atoms with Crippen molar-refractivity contribution in [3.05, 3.63) is 54.2 Å². The minimum atomic E-state index is -0.136. The number of imidazole rings is 1. The normalized spacial score (nSPS) is 18.3. The Morgan fingerprint density at radius 3 is 2.76 bits per heavy atom. The minimum absolute atomic E-state index is 0.0647. The highest BCUT2D eigenvalue weighted by Gasteiger charge is 2.39. The van der Waals surface area contributed by atoms with Crippen LogP contribution in [0.25, 0.3) is 5.69 Å². The zero-order valence-electron chi connectivity index (χ0n) is 14.3. The van der Waals surface area contributed by atoms with Gasteiger partial charge >= 0.3 is 0 Å². The third-order valence-electron chi connectivity index (χ3n) is 4.55. The quantitative estimate of drug-likeness (QED) is 0.682. The molecule has 0 bridgehead atoms. The smallest absolute Gasteiger partial charge is 0.173 e. The molecule has 8 nitrogen and oxygen atoms in total. The molecule has 0 fully saturated rings. The van der Waals surface area contributed by atoms with Crippen LogP contribution in [0.15, 0.2) is 48.0 Å². The summed E-state index contributed by atoms with van der Waals surface area (Å²) in [5.74, 6) is 0.939. The lowest BCUT2D eigenvalue weighted by Gasteiger charge is -2.36. The molecule has 0 spiro atoms. The van der Waals surface area contributed by atoms with Crippen LogP contribution in [-0.4, -0.2) is 31.0 Å². The van der Waals surface area contributed by atoms with E-state index in [-0.39, 0.29) is 11.6 Å². The highest BCUT2D eigenvalue weighted by molar-refractivity contribution is 5.78. The molecule has 3 aromatic rings. The molecule has 0 radical (unpaired) electrons. The highest BCUT2D eigenvalue weighted by Crippen LogP contribution is 2.40. The van der Waals surface area contributed by atoms with Crippen LogP contribution < -0.4 is 10.1 Å². The molecule has 0 aliphatic carbocycles. The molecule has 2 aliphatic heterocycles. The number of benzene rings is 1. The molecule has 0 saturated heterocycles. The predicted molar refractivity (Wildman–Crippen MR) is 94.2 cm³/mol. The van der Waals surface area contributed by atoms with Crippen molar-refractivity contribution in [1.82, 2.24) is 24.7 Å². The number of hydrogen-bond donors (Lipinski definition) is 0. The van der Waals surface area contributed by atoms with E-state index in [1.807, 2.05) is 36.0 Å². The van der Waals surface area contributed by atoms with Gasteiger partial charge in [-0.15, -0.1) is 9.89 Å². The van der Waals surface area contributed by atoms with Crippen LogP contribution in [-0.2, 0) is 5.41 Å². The van der Waals surface area contributed by atoms with Crippen molar-refractivity contribution in [3.63, 3.8) is 0 Å². The molecule has 2 aliphatic rings. The maximum absolute atomic E-state index is 4.70. The van der Waals surface area contributed by atoms with Crippen molar-refractivity contribution in [2.45, 2.75) is 32.4 Å². The molecule has 0 amide bonds. The van der Waals surface area contributed by atoms with Crippen LogP contribution in [0.2, 0.25) is 0 Å². The first-order chi connectivity index (χ1) is 12.0. The first-order valence-electron chi connectivity index (χ1n) is 8.20. The van der Waals surface area contributed by atoms with Gasteiger partial charge in [-0.3, -0.25) is 4.57 Å². The highest BCUT2D eigenvalue weighted by atomic mass is 15.9. The van der Waals surface area contributed by atoms with Crippen LogP contribution in [0.1, 0.15) is 38.2 Å². The van der Waals surface area contributed by atoms with Gasteiger partial charge in [-0.25, -0.2) is 15.0 Å². The average molecular weight is 334 g/mol. The number of aliphatic imine (C=N–C) groups is 1. The van der Waals surface area contributed by atoms with Crippen molar-refractivity contribution in [2.24, 2.45) is 4.99 Å². The third kappa shape index (κ3) is 1.93. The molecule has 1 atom stereocenters. The molecule has 5 rings (SSSR count). The largest absolute Gasteiger partial charge is 0.284 e. The van der Waals surface area contributed by atoms with Crippen molar-refractivity contribution >= 4 is 12.2 Å². The molecular formula is C17H18N8. The summed E-state index contributed by atoms with van der Waals surface area (Å²) in [4.78, 5) is 10.8. The summed E-state index contributed by atoms with van der Waals surface area (Å²) in [5.41, 5.74) is 3.09. The Balaban J connectivity index is 1.62. The van der Waals surface area contributed by atoms with Gasteiger partial charge in [0.2, 0.25) is 0 Å². The van der Waals surface area contributed by atoms with E-state index in [2.05, 4.69) is 57.8 Å². The van der Waals surface area contributed by atoms with E-state index in [0.29, 0.717) is 0 Å². The van der Waals surface area contributed by atoms with E-state index in [4.69, 9.17) is 4.99 Å². The Labute approximate surface area is 145 Å². The first-order valence-corrected chi connectivity index (χ1v) is 8.20. The van der Waals surface area contributed by atoms with Gasteiger partial charge in [0.05, 0.1) is 23.8 Å². The molecular weight excluding hydrogens is 316 g/mol. The number of rotatable bonds is 1. The molecule has 4 heterocycles. The second-order valence-corrected chi connectivity index (χ2v) is 7.26. The fourth-order valence-electron chi connectivity index (χ4n) is 3.21. The lowest BCUT2D eigenvalue weighted by molar-refractivity contribution is 0.540. The van der Waals surface area contributed by atoms with E-state index >= 15 is 0 Å². The minimum Gasteiger partial charge on any atom is -0.284 e. The number of hydrogen-bond acceptors (Lipinski definition) is 6. The average Bonchev–Trinajstić information content (AvgIpc) is 3.31. The maximum Gasteiger partial charge on any atom is 0.173 e. The fraction of sp³-hybridized carbons (Fsp3) is 0.294. The second-order valence-electron chi connectivity index (χ2n) is 7.26.